The zero-order valence-electron chi connectivity index (χ0n) is 6.25. The van der Waals surface area contributed by atoms with Gasteiger partial charge in [0.1, 0.15) is 10.9 Å². The molecule has 0 unspecified atom stereocenters. The molecule has 0 aliphatic rings. The molecule has 0 aliphatic carbocycles. The number of pyridine rings is 1. The fraction of sp³-hybridized carbons (Fsp3) is 0.250. The zero-order valence-corrected chi connectivity index (χ0v) is 7.01. The molecular formula is C8H9ClNO. The van der Waals surface area contributed by atoms with Gasteiger partial charge in [0.05, 0.1) is 6.61 Å². The molecule has 1 rings (SSSR count). The highest BCUT2D eigenvalue weighted by atomic mass is 35.5. The normalized spacial score (nSPS) is 9.64. The van der Waals surface area contributed by atoms with Gasteiger partial charge in [-0.05, 0) is 12.5 Å². The minimum absolute atomic E-state index is 0.457. The Hall–Kier alpha value is -0.760. The third kappa shape index (κ3) is 2.76. The second kappa shape index (κ2) is 4.19. The molecule has 0 aliphatic heterocycles. The van der Waals surface area contributed by atoms with Gasteiger partial charge in [-0.2, -0.15) is 0 Å². The molecule has 0 fully saturated rings. The molecule has 0 bridgehead atoms. The van der Waals surface area contributed by atoms with E-state index in [4.69, 9.17) is 16.3 Å². The fourth-order valence-corrected chi connectivity index (χ4v) is 0.818. The summed E-state index contributed by atoms with van der Waals surface area (Å²) < 4.78 is 5.26. The van der Waals surface area contributed by atoms with Crippen molar-refractivity contribution < 1.29 is 4.74 Å². The summed E-state index contributed by atoms with van der Waals surface area (Å²) in [5.41, 5.74) is 0. The highest BCUT2D eigenvalue weighted by Gasteiger charge is 1.93. The number of halogens is 1. The number of hydrogen-bond acceptors (Lipinski definition) is 2. The van der Waals surface area contributed by atoms with Crippen LogP contribution in [0, 0.1) is 6.42 Å². The largest absolute Gasteiger partial charge is 0.493 e. The van der Waals surface area contributed by atoms with Gasteiger partial charge in [-0.25, -0.2) is 4.98 Å². The lowest BCUT2D eigenvalue weighted by Gasteiger charge is -2.02. The van der Waals surface area contributed by atoms with Gasteiger partial charge in [0.15, 0.2) is 0 Å². The van der Waals surface area contributed by atoms with Crippen molar-refractivity contribution in [2.45, 2.75) is 6.92 Å². The molecule has 0 spiro atoms. The first-order chi connectivity index (χ1) is 5.33. The van der Waals surface area contributed by atoms with Crippen molar-refractivity contribution in [3.63, 3.8) is 0 Å². The van der Waals surface area contributed by atoms with Crippen molar-refractivity contribution in [3.05, 3.63) is 29.9 Å². The lowest BCUT2D eigenvalue weighted by Crippen LogP contribution is -1.95. The maximum atomic E-state index is 5.62. The van der Waals surface area contributed by atoms with Gasteiger partial charge in [0, 0.05) is 12.3 Å². The number of aromatic nitrogens is 1. The van der Waals surface area contributed by atoms with Crippen LogP contribution in [0.1, 0.15) is 6.92 Å². The predicted molar refractivity (Wildman–Crippen MR) is 44.7 cm³/mol. The van der Waals surface area contributed by atoms with E-state index in [1.165, 1.54) is 0 Å². The maximum Gasteiger partial charge on any atom is 0.132 e. The van der Waals surface area contributed by atoms with Crippen LogP contribution >= 0.6 is 11.6 Å². The van der Waals surface area contributed by atoms with Crippen molar-refractivity contribution in [2.24, 2.45) is 0 Å². The Labute approximate surface area is 71.2 Å². The summed E-state index contributed by atoms with van der Waals surface area (Å²) in [4.78, 5) is 3.82. The molecule has 2 nitrogen and oxygen atoms in total. The molecule has 0 saturated carbocycles. The molecule has 0 N–H and O–H groups in total. The van der Waals surface area contributed by atoms with E-state index in [1.54, 1.807) is 18.3 Å². The van der Waals surface area contributed by atoms with Crippen molar-refractivity contribution >= 4 is 11.6 Å². The predicted octanol–water partition coefficient (Wildman–Crippen LogP) is 2.34. The standard InChI is InChI=1S/C8H9ClNO/c1-2-5-11-7-3-4-10-8(9)6-7/h2-4,6H,5H2,1H3. The fourth-order valence-electron chi connectivity index (χ4n) is 0.654. The monoisotopic (exact) mass is 170 g/mol. The third-order valence-corrected chi connectivity index (χ3v) is 1.32. The Morgan fingerprint density at radius 1 is 1.73 bits per heavy atom. The molecule has 1 radical (unpaired) electrons. The number of hydrogen-bond donors (Lipinski definition) is 0. The molecule has 1 aromatic heterocycles. The van der Waals surface area contributed by atoms with Crippen LogP contribution in [0.4, 0.5) is 0 Å². The summed E-state index contributed by atoms with van der Waals surface area (Å²) in [6.45, 7) is 2.53. The topological polar surface area (TPSA) is 22.1 Å². The van der Waals surface area contributed by atoms with Gasteiger partial charge in [-0.15, -0.1) is 0 Å². The van der Waals surface area contributed by atoms with E-state index in [1.807, 2.05) is 13.3 Å². The smallest absolute Gasteiger partial charge is 0.132 e. The van der Waals surface area contributed by atoms with Crippen LogP contribution in [0.25, 0.3) is 0 Å². The first kappa shape index (κ1) is 8.34. The zero-order chi connectivity index (χ0) is 8.10. The summed E-state index contributed by atoms with van der Waals surface area (Å²) in [5.74, 6) is 0.753. The van der Waals surface area contributed by atoms with E-state index in [0.29, 0.717) is 11.8 Å². The van der Waals surface area contributed by atoms with Gasteiger partial charge >= 0.3 is 0 Å². The van der Waals surface area contributed by atoms with Crippen molar-refractivity contribution in [1.82, 2.24) is 4.98 Å². The first-order valence-corrected chi connectivity index (χ1v) is 3.73. The molecule has 0 aromatic carbocycles. The van der Waals surface area contributed by atoms with Gasteiger partial charge in [0.25, 0.3) is 0 Å². The summed E-state index contributed by atoms with van der Waals surface area (Å²) in [6, 6.07) is 3.46. The summed E-state index contributed by atoms with van der Waals surface area (Å²) in [6.07, 6.45) is 3.54. The van der Waals surface area contributed by atoms with Gasteiger partial charge in [0.2, 0.25) is 0 Å². The summed E-state index contributed by atoms with van der Waals surface area (Å²) in [5, 5.41) is 0.457. The van der Waals surface area contributed by atoms with Crippen LogP contribution in [0.2, 0.25) is 5.15 Å². The van der Waals surface area contributed by atoms with Crippen LogP contribution in [0.3, 0.4) is 0 Å². The molecule has 3 heteroatoms. The Bertz CT molecular complexity index is 227. The Morgan fingerprint density at radius 2 is 2.55 bits per heavy atom. The molecule has 59 valence electrons. The Morgan fingerprint density at radius 3 is 3.18 bits per heavy atom. The quantitative estimate of drug-likeness (QED) is 0.650. The SMILES string of the molecule is C[CH]COc1ccnc(Cl)c1. The molecular weight excluding hydrogens is 162 g/mol. The maximum absolute atomic E-state index is 5.62. The number of ether oxygens (including phenoxy) is 1. The average molecular weight is 171 g/mol. The van der Waals surface area contributed by atoms with E-state index < -0.39 is 0 Å². The minimum Gasteiger partial charge on any atom is -0.493 e. The van der Waals surface area contributed by atoms with E-state index in [9.17, 15) is 0 Å². The van der Waals surface area contributed by atoms with E-state index >= 15 is 0 Å². The van der Waals surface area contributed by atoms with Gasteiger partial charge < -0.3 is 4.74 Å². The Kier molecular flexibility index (Phi) is 3.17. The van der Waals surface area contributed by atoms with Crippen LogP contribution in [-0.4, -0.2) is 11.6 Å². The van der Waals surface area contributed by atoms with E-state index in [-0.39, 0.29) is 0 Å². The highest BCUT2D eigenvalue weighted by Crippen LogP contribution is 2.13. The van der Waals surface area contributed by atoms with Crippen LogP contribution < -0.4 is 4.74 Å². The second-order valence-corrected chi connectivity index (χ2v) is 2.42. The Balaban J connectivity index is 2.56. The van der Waals surface area contributed by atoms with Crippen LogP contribution in [0.15, 0.2) is 18.3 Å². The third-order valence-electron chi connectivity index (χ3n) is 1.11. The number of nitrogens with zero attached hydrogens (tertiary/aromatic N) is 1. The van der Waals surface area contributed by atoms with Crippen molar-refractivity contribution in [3.8, 4) is 5.75 Å². The molecule has 0 amide bonds. The molecule has 1 aromatic rings. The lowest BCUT2D eigenvalue weighted by molar-refractivity contribution is 0.349. The van der Waals surface area contributed by atoms with Gasteiger partial charge in [-0.1, -0.05) is 18.5 Å². The summed E-state index contributed by atoms with van der Waals surface area (Å²) in [7, 11) is 0. The molecule has 1 heterocycles. The minimum atomic E-state index is 0.457. The highest BCUT2D eigenvalue weighted by molar-refractivity contribution is 6.29. The first-order valence-electron chi connectivity index (χ1n) is 3.35. The lowest BCUT2D eigenvalue weighted by atomic mass is 10.4. The van der Waals surface area contributed by atoms with Crippen molar-refractivity contribution in [2.75, 3.05) is 6.61 Å². The van der Waals surface area contributed by atoms with E-state index in [2.05, 4.69) is 4.98 Å². The second-order valence-electron chi connectivity index (χ2n) is 2.03. The average Bonchev–Trinajstić information content (AvgIpc) is 2.01. The molecule has 0 saturated heterocycles. The van der Waals surface area contributed by atoms with Crippen LogP contribution in [-0.2, 0) is 0 Å². The van der Waals surface area contributed by atoms with Crippen LogP contribution in [0.5, 0.6) is 5.75 Å². The van der Waals surface area contributed by atoms with Gasteiger partial charge in [-0.3, -0.25) is 0 Å². The van der Waals surface area contributed by atoms with E-state index in [0.717, 1.165) is 5.75 Å². The number of rotatable bonds is 3. The molecule has 0 atom stereocenters. The van der Waals surface area contributed by atoms with Crippen molar-refractivity contribution in [1.29, 1.82) is 0 Å². The molecule has 11 heavy (non-hydrogen) atoms. The summed E-state index contributed by atoms with van der Waals surface area (Å²) >= 11 is 5.62.